The molecule has 4 heterocycles. The average Bonchev–Trinajstić information content (AvgIpc) is 2.93. The van der Waals surface area contributed by atoms with Crippen LogP contribution in [0, 0.1) is 17.1 Å². The topological polar surface area (TPSA) is 128 Å². The van der Waals surface area contributed by atoms with Crippen molar-refractivity contribution in [3.05, 3.63) is 87.6 Å². The number of pyridine rings is 1. The molecule has 0 radical (unpaired) electrons. The van der Waals surface area contributed by atoms with E-state index in [1.807, 2.05) is 23.1 Å². The molecule has 0 saturated carbocycles. The lowest BCUT2D eigenvalue weighted by Crippen LogP contribution is -2.49. The first kappa shape index (κ1) is 24.5. The number of hydrogen-bond acceptors (Lipinski definition) is 8. The predicted octanol–water partition coefficient (Wildman–Crippen LogP) is 2.83. The molecule has 2 aliphatic rings. The third-order valence-electron chi connectivity index (χ3n) is 7.09. The number of piperazine rings is 1. The van der Waals surface area contributed by atoms with Gasteiger partial charge >= 0.3 is 0 Å². The van der Waals surface area contributed by atoms with Crippen molar-refractivity contribution in [3.8, 4) is 6.07 Å². The molecule has 1 fully saturated rings. The van der Waals surface area contributed by atoms with Gasteiger partial charge in [-0.15, -0.1) is 0 Å². The van der Waals surface area contributed by atoms with E-state index in [-0.39, 0.29) is 34.9 Å². The van der Waals surface area contributed by atoms with Gasteiger partial charge in [0.2, 0.25) is 5.95 Å². The van der Waals surface area contributed by atoms with Crippen molar-refractivity contribution in [2.75, 3.05) is 29.9 Å². The molecule has 0 spiro atoms. The van der Waals surface area contributed by atoms with Gasteiger partial charge in [0.25, 0.3) is 11.5 Å². The number of rotatable bonds is 4. The molecule has 1 amide bonds. The number of benzene rings is 2. The molecular formula is C28H25FN8O2. The molecule has 196 valence electrons. The van der Waals surface area contributed by atoms with Gasteiger partial charge in [0, 0.05) is 54.9 Å². The zero-order chi connectivity index (χ0) is 27.1. The molecule has 3 N–H and O–H groups in total. The Balaban J connectivity index is 1.36. The van der Waals surface area contributed by atoms with Crippen LogP contribution < -0.4 is 26.4 Å². The summed E-state index contributed by atoms with van der Waals surface area (Å²) in [6, 6.07) is 15.7. The molecule has 2 aromatic carbocycles. The van der Waals surface area contributed by atoms with E-state index in [0.29, 0.717) is 41.8 Å². The number of anilines is 3. The van der Waals surface area contributed by atoms with Crippen LogP contribution in [0.3, 0.4) is 0 Å². The van der Waals surface area contributed by atoms with Gasteiger partial charge < -0.3 is 20.9 Å². The van der Waals surface area contributed by atoms with Crippen molar-refractivity contribution in [2.45, 2.75) is 25.6 Å². The first-order chi connectivity index (χ1) is 18.9. The van der Waals surface area contributed by atoms with Crippen molar-refractivity contribution in [1.29, 1.82) is 5.26 Å². The molecule has 39 heavy (non-hydrogen) atoms. The Kier molecular flexibility index (Phi) is 6.17. The summed E-state index contributed by atoms with van der Waals surface area (Å²) in [6.45, 7) is 4.27. The zero-order valence-electron chi connectivity index (χ0n) is 21.1. The Labute approximate surface area is 223 Å². The molecule has 10 nitrogen and oxygen atoms in total. The normalized spacial score (nSPS) is 18.8. The summed E-state index contributed by atoms with van der Waals surface area (Å²) in [7, 11) is 0. The van der Waals surface area contributed by atoms with Crippen LogP contribution in [-0.2, 0) is 6.42 Å². The van der Waals surface area contributed by atoms with Crippen molar-refractivity contribution in [1.82, 2.24) is 25.2 Å². The van der Waals surface area contributed by atoms with Crippen molar-refractivity contribution in [2.24, 2.45) is 0 Å². The van der Waals surface area contributed by atoms with Crippen LogP contribution in [0.25, 0.3) is 11.0 Å². The molecule has 6 rings (SSSR count). The molecule has 2 atom stereocenters. The second-order valence-corrected chi connectivity index (χ2v) is 9.76. The van der Waals surface area contributed by atoms with Crippen molar-refractivity contribution >= 4 is 34.3 Å². The lowest BCUT2D eigenvalue weighted by atomic mass is 9.98. The number of aromatic nitrogens is 3. The Hall–Kier alpha value is -4.82. The van der Waals surface area contributed by atoms with E-state index in [0.717, 1.165) is 12.1 Å². The summed E-state index contributed by atoms with van der Waals surface area (Å²) < 4.78 is 16.4. The van der Waals surface area contributed by atoms with Crippen molar-refractivity contribution < 1.29 is 9.18 Å². The summed E-state index contributed by atoms with van der Waals surface area (Å²) in [5.74, 6) is -0.536. The Bertz CT molecular complexity index is 1710. The van der Waals surface area contributed by atoms with Crippen LogP contribution in [0.1, 0.15) is 34.6 Å². The second-order valence-electron chi connectivity index (χ2n) is 9.76. The van der Waals surface area contributed by atoms with E-state index >= 15 is 4.39 Å². The van der Waals surface area contributed by atoms with Gasteiger partial charge in [0.1, 0.15) is 29.3 Å². The molecule has 11 heteroatoms. The van der Waals surface area contributed by atoms with E-state index in [9.17, 15) is 14.9 Å². The number of amides is 1. The summed E-state index contributed by atoms with van der Waals surface area (Å²) in [5.41, 5.74) is 1.89. The third-order valence-corrected chi connectivity index (χ3v) is 7.09. The molecule has 0 aliphatic carbocycles. The van der Waals surface area contributed by atoms with Crippen molar-refractivity contribution in [3.63, 3.8) is 0 Å². The zero-order valence-corrected chi connectivity index (χ0v) is 21.1. The highest BCUT2D eigenvalue weighted by molar-refractivity contribution is 5.97. The van der Waals surface area contributed by atoms with Crippen LogP contribution >= 0.6 is 0 Å². The fourth-order valence-electron chi connectivity index (χ4n) is 5.23. The van der Waals surface area contributed by atoms with Crippen LogP contribution in [-0.4, -0.2) is 46.1 Å². The molecule has 1 saturated heterocycles. The van der Waals surface area contributed by atoms with Gasteiger partial charge in [-0.3, -0.25) is 14.2 Å². The number of carbonyl (C=O) groups is 1. The fourth-order valence-corrected chi connectivity index (χ4v) is 5.23. The van der Waals surface area contributed by atoms with Crippen LogP contribution in [0.2, 0.25) is 0 Å². The Morgan fingerprint density at radius 2 is 2.03 bits per heavy atom. The highest BCUT2D eigenvalue weighted by atomic mass is 19.1. The smallest absolute Gasteiger partial charge is 0.271 e. The lowest BCUT2D eigenvalue weighted by Gasteiger charge is -2.33. The first-order valence-corrected chi connectivity index (χ1v) is 12.7. The number of nitrogens with one attached hydrogen (secondary N) is 3. The van der Waals surface area contributed by atoms with Crippen LogP contribution in [0.4, 0.5) is 21.7 Å². The maximum absolute atomic E-state index is 15.1. The lowest BCUT2D eigenvalue weighted by molar-refractivity contribution is 0.0905. The van der Waals surface area contributed by atoms with E-state index in [1.54, 1.807) is 24.3 Å². The summed E-state index contributed by atoms with van der Waals surface area (Å²) >= 11 is 0. The summed E-state index contributed by atoms with van der Waals surface area (Å²) in [6.07, 6.45) is 1.08. The quantitative estimate of drug-likeness (QED) is 0.372. The number of fused-ring (bicyclic) bond motifs is 2. The maximum atomic E-state index is 15.1. The monoisotopic (exact) mass is 524 g/mol. The second kappa shape index (κ2) is 9.81. The van der Waals surface area contributed by atoms with Gasteiger partial charge in [-0.25, -0.2) is 9.37 Å². The molecule has 2 aliphatic heterocycles. The van der Waals surface area contributed by atoms with Gasteiger partial charge in [-0.1, -0.05) is 18.2 Å². The highest BCUT2D eigenvalue weighted by Gasteiger charge is 2.28. The van der Waals surface area contributed by atoms with E-state index < -0.39 is 11.7 Å². The van der Waals surface area contributed by atoms with E-state index in [4.69, 9.17) is 0 Å². The maximum Gasteiger partial charge on any atom is 0.271 e. The third kappa shape index (κ3) is 4.55. The number of hydrogen-bond donors (Lipinski definition) is 3. The van der Waals surface area contributed by atoms with Gasteiger partial charge in [0.15, 0.2) is 0 Å². The van der Waals surface area contributed by atoms with Gasteiger partial charge in [-0.05, 0) is 42.8 Å². The molecular weight excluding hydrogens is 499 g/mol. The minimum Gasteiger partial charge on any atom is -0.366 e. The SMILES string of the molecule is CC1CN(c2ccc(Nc3ncc4cc(C#N)c(=O)n(C5Cc6ccccc6C(=O)N5)c4n3)cc2F)CCN1. The number of carbonyl (C=O) groups excluding carboxylic acids is 1. The number of nitriles is 1. The van der Waals surface area contributed by atoms with E-state index in [1.165, 1.54) is 22.9 Å². The van der Waals surface area contributed by atoms with Crippen LogP contribution in [0.15, 0.2) is 59.5 Å². The van der Waals surface area contributed by atoms with Gasteiger partial charge in [-0.2, -0.15) is 10.2 Å². The number of nitrogens with zero attached hydrogens (tertiary/aromatic N) is 5. The standard InChI is InChI=1S/C28H25FN8O2/c1-16-15-36(9-8-31-16)23-7-6-20(12-22(23)29)33-28-32-14-19-10-18(13-30)27(39)37(25(19)35-28)24-11-17-4-2-3-5-21(17)26(38)34-24/h2-7,10,12,14,16,24,31H,8-9,11,15H2,1H3,(H,34,38)(H,32,33,35). The average molecular weight is 525 g/mol. The molecule has 4 aromatic rings. The largest absolute Gasteiger partial charge is 0.366 e. The molecule has 0 bridgehead atoms. The summed E-state index contributed by atoms with van der Waals surface area (Å²) in [5, 5.41) is 19.3. The Morgan fingerprint density at radius 3 is 2.82 bits per heavy atom. The van der Waals surface area contributed by atoms with Crippen LogP contribution in [0.5, 0.6) is 0 Å². The number of halogens is 1. The van der Waals surface area contributed by atoms with E-state index in [2.05, 4.69) is 32.8 Å². The summed E-state index contributed by atoms with van der Waals surface area (Å²) in [4.78, 5) is 37.0. The first-order valence-electron chi connectivity index (χ1n) is 12.7. The molecule has 2 unspecified atom stereocenters. The molecule has 2 aromatic heterocycles. The predicted molar refractivity (Wildman–Crippen MR) is 145 cm³/mol. The highest BCUT2D eigenvalue weighted by Crippen LogP contribution is 2.27. The minimum absolute atomic E-state index is 0.0835. The minimum atomic E-state index is -0.753. The fraction of sp³-hybridized carbons (Fsp3) is 0.250. The Morgan fingerprint density at radius 1 is 1.18 bits per heavy atom. The van der Waals surface area contributed by atoms with Gasteiger partial charge in [0.05, 0.1) is 5.69 Å².